The average Bonchev–Trinajstić information content (AvgIpc) is 3.14. The molecule has 0 atom stereocenters. The lowest BCUT2D eigenvalue weighted by molar-refractivity contribution is 0.304. The molecule has 0 saturated carbocycles. The minimum Gasteiger partial charge on any atom is -0.494 e. The molecule has 0 aliphatic rings. The standard InChI is InChI=1S/C46H80O3Si/c1-4-7-9-11-13-15-17-19-21-23-25-27-29-31-39-48-43-35-33-37-45(41-43)50(47,6-3)46-38-34-36-44(42-46)49-40-32-30-28-26-24-22-20-18-16-14-12-10-8-5-2/h33-38,41-42,47H,4-32,39-40H2,1-3H3. The Kier molecular flexibility index (Phi) is 27.3. The average molecular weight is 709 g/mol. The third kappa shape index (κ3) is 20.9. The molecular formula is C46H80O3Si. The van der Waals surface area contributed by atoms with Gasteiger partial charge in [0.2, 0.25) is 0 Å². The van der Waals surface area contributed by atoms with Crippen molar-refractivity contribution in [2.24, 2.45) is 0 Å². The molecular weight excluding hydrogens is 629 g/mol. The van der Waals surface area contributed by atoms with E-state index in [2.05, 4.69) is 45.0 Å². The summed E-state index contributed by atoms with van der Waals surface area (Å²) in [6.07, 6.45) is 38.2. The van der Waals surface area contributed by atoms with Crippen molar-refractivity contribution < 1.29 is 14.3 Å². The van der Waals surface area contributed by atoms with Crippen LogP contribution in [0.4, 0.5) is 0 Å². The summed E-state index contributed by atoms with van der Waals surface area (Å²) in [5, 5.41) is 2.03. The van der Waals surface area contributed by atoms with E-state index >= 15 is 0 Å². The molecule has 2 rings (SSSR count). The van der Waals surface area contributed by atoms with Crippen molar-refractivity contribution in [1.82, 2.24) is 0 Å². The van der Waals surface area contributed by atoms with Gasteiger partial charge in [0.1, 0.15) is 11.5 Å². The van der Waals surface area contributed by atoms with Crippen LogP contribution in [0, 0.1) is 0 Å². The van der Waals surface area contributed by atoms with Crippen molar-refractivity contribution in [3.8, 4) is 11.5 Å². The van der Waals surface area contributed by atoms with Crippen molar-refractivity contribution in [1.29, 1.82) is 0 Å². The van der Waals surface area contributed by atoms with Gasteiger partial charge in [0.15, 0.2) is 0 Å². The first-order chi connectivity index (χ1) is 24.6. The van der Waals surface area contributed by atoms with Crippen LogP contribution in [0.25, 0.3) is 0 Å². The molecule has 2 aromatic carbocycles. The number of benzene rings is 2. The molecule has 3 nitrogen and oxygen atoms in total. The Morgan fingerprint density at radius 2 is 0.680 bits per heavy atom. The second kappa shape index (κ2) is 30.8. The van der Waals surface area contributed by atoms with Crippen LogP contribution < -0.4 is 19.8 Å². The Morgan fingerprint density at radius 1 is 0.400 bits per heavy atom. The second-order valence-electron chi connectivity index (χ2n) is 15.2. The third-order valence-corrected chi connectivity index (χ3v) is 14.2. The zero-order chi connectivity index (χ0) is 35.8. The van der Waals surface area contributed by atoms with Crippen molar-refractivity contribution in [2.45, 2.75) is 207 Å². The van der Waals surface area contributed by atoms with Gasteiger partial charge in [0.05, 0.1) is 13.2 Å². The smallest absolute Gasteiger partial charge is 0.252 e. The summed E-state index contributed by atoms with van der Waals surface area (Å²) in [5.41, 5.74) is 0. The lowest BCUT2D eigenvalue weighted by atomic mass is 10.0. The van der Waals surface area contributed by atoms with E-state index in [1.165, 1.54) is 167 Å². The van der Waals surface area contributed by atoms with Gasteiger partial charge >= 0.3 is 0 Å². The molecule has 4 heteroatoms. The van der Waals surface area contributed by atoms with E-state index < -0.39 is 8.32 Å². The van der Waals surface area contributed by atoms with Crippen LogP contribution >= 0.6 is 0 Å². The minimum atomic E-state index is -2.88. The van der Waals surface area contributed by atoms with Gasteiger partial charge in [-0.05, 0) is 53.5 Å². The van der Waals surface area contributed by atoms with Crippen LogP contribution in [0.3, 0.4) is 0 Å². The first kappa shape index (κ1) is 44.4. The van der Waals surface area contributed by atoms with Gasteiger partial charge in [-0.25, -0.2) is 0 Å². The molecule has 0 aliphatic carbocycles. The maximum Gasteiger partial charge on any atom is 0.252 e. The number of ether oxygens (including phenoxy) is 2. The summed E-state index contributed by atoms with van der Waals surface area (Å²) in [5.74, 6) is 1.75. The van der Waals surface area contributed by atoms with Gasteiger partial charge in [0.25, 0.3) is 8.32 Å². The third-order valence-electron chi connectivity index (χ3n) is 10.7. The minimum absolute atomic E-state index is 0.720. The van der Waals surface area contributed by atoms with Crippen molar-refractivity contribution >= 4 is 18.7 Å². The van der Waals surface area contributed by atoms with Crippen LogP contribution in [0.5, 0.6) is 11.5 Å². The van der Waals surface area contributed by atoms with Gasteiger partial charge < -0.3 is 14.3 Å². The Hall–Kier alpha value is -1.78. The van der Waals surface area contributed by atoms with E-state index in [0.717, 1.165) is 54.0 Å². The summed E-state index contributed by atoms with van der Waals surface area (Å²) in [6, 6.07) is 17.2. The number of rotatable bonds is 35. The fraction of sp³-hybridized carbons (Fsp3) is 0.739. The summed E-state index contributed by atoms with van der Waals surface area (Å²) >= 11 is 0. The van der Waals surface area contributed by atoms with E-state index in [1.54, 1.807) is 0 Å². The van der Waals surface area contributed by atoms with Gasteiger partial charge in [0, 0.05) is 0 Å². The summed E-state index contributed by atoms with van der Waals surface area (Å²) in [6.45, 7) is 8.18. The fourth-order valence-corrected chi connectivity index (χ4v) is 9.89. The van der Waals surface area contributed by atoms with Crippen molar-refractivity contribution in [3.05, 3.63) is 48.5 Å². The van der Waals surface area contributed by atoms with Crippen LogP contribution in [0.2, 0.25) is 6.04 Å². The van der Waals surface area contributed by atoms with E-state index in [4.69, 9.17) is 9.47 Å². The Balaban J connectivity index is 1.60. The number of hydrogen-bond donors (Lipinski definition) is 1. The molecule has 0 radical (unpaired) electrons. The van der Waals surface area contributed by atoms with E-state index in [9.17, 15) is 4.80 Å². The highest BCUT2D eigenvalue weighted by atomic mass is 28.4. The maximum atomic E-state index is 12.0. The molecule has 0 unspecified atom stereocenters. The molecule has 0 heterocycles. The van der Waals surface area contributed by atoms with Crippen LogP contribution in [-0.4, -0.2) is 26.3 Å². The highest BCUT2D eigenvalue weighted by molar-refractivity contribution is 6.96. The molecule has 2 aromatic rings. The molecule has 0 fully saturated rings. The van der Waals surface area contributed by atoms with E-state index in [1.807, 2.05) is 24.3 Å². The predicted octanol–water partition coefficient (Wildman–Crippen LogP) is 13.5. The fourth-order valence-electron chi connectivity index (χ4n) is 7.23. The van der Waals surface area contributed by atoms with Crippen molar-refractivity contribution in [2.75, 3.05) is 13.2 Å². The first-order valence-electron chi connectivity index (χ1n) is 21.8. The molecule has 1 N–H and O–H groups in total. The molecule has 50 heavy (non-hydrogen) atoms. The number of hydrogen-bond acceptors (Lipinski definition) is 3. The highest BCUT2D eigenvalue weighted by Crippen LogP contribution is 2.19. The first-order valence-corrected chi connectivity index (χ1v) is 24.0. The van der Waals surface area contributed by atoms with Crippen LogP contribution in [0.1, 0.15) is 201 Å². The Bertz CT molecular complexity index is 962. The lowest BCUT2D eigenvalue weighted by Gasteiger charge is -2.26. The maximum absolute atomic E-state index is 12.0. The van der Waals surface area contributed by atoms with Gasteiger partial charge in [-0.1, -0.05) is 212 Å². The molecule has 0 aromatic heterocycles. The zero-order valence-electron chi connectivity index (χ0n) is 33.3. The molecule has 0 amide bonds. The summed E-state index contributed by atoms with van der Waals surface area (Å²) in [4.78, 5) is 12.0. The molecule has 0 spiro atoms. The van der Waals surface area contributed by atoms with E-state index in [0.29, 0.717) is 0 Å². The topological polar surface area (TPSA) is 38.7 Å². The molecule has 0 bridgehead atoms. The normalized spacial score (nSPS) is 11.7. The quantitative estimate of drug-likeness (QED) is 0.0572. The molecule has 0 aliphatic heterocycles. The van der Waals surface area contributed by atoms with Gasteiger partial charge in [-0.15, -0.1) is 0 Å². The monoisotopic (exact) mass is 709 g/mol. The highest BCUT2D eigenvalue weighted by Gasteiger charge is 2.34. The number of unbranched alkanes of at least 4 members (excludes halogenated alkanes) is 26. The van der Waals surface area contributed by atoms with Crippen molar-refractivity contribution in [3.63, 3.8) is 0 Å². The molecule has 0 saturated heterocycles. The Labute approximate surface area is 311 Å². The zero-order valence-corrected chi connectivity index (χ0v) is 34.3. The SMILES string of the molecule is CCCCCCCCCCCCCCCCOc1cccc([Si](O)(CC)c2cccc(OCCCCCCCCCCCCCCCC)c2)c1. The predicted molar refractivity (Wildman–Crippen MR) is 222 cm³/mol. The van der Waals surface area contributed by atoms with Crippen LogP contribution in [0.15, 0.2) is 48.5 Å². The van der Waals surface area contributed by atoms with Gasteiger partial charge in [-0.3, -0.25) is 0 Å². The summed E-state index contributed by atoms with van der Waals surface area (Å²) in [7, 11) is -2.88. The Morgan fingerprint density at radius 3 is 0.960 bits per heavy atom. The molecule has 286 valence electrons. The second-order valence-corrected chi connectivity index (χ2v) is 18.7. The van der Waals surface area contributed by atoms with Gasteiger partial charge in [-0.2, -0.15) is 0 Å². The summed E-state index contributed by atoms with van der Waals surface area (Å²) < 4.78 is 12.4. The van der Waals surface area contributed by atoms with E-state index in [-0.39, 0.29) is 0 Å². The lowest BCUT2D eigenvalue weighted by Crippen LogP contribution is -2.58. The largest absolute Gasteiger partial charge is 0.494 e. The van der Waals surface area contributed by atoms with Crippen LogP contribution in [-0.2, 0) is 0 Å².